The van der Waals surface area contributed by atoms with Crippen LogP contribution in [0.1, 0.15) is 38.2 Å². The van der Waals surface area contributed by atoms with Crippen LogP contribution in [-0.4, -0.2) is 26.7 Å². The molecule has 1 fully saturated rings. The van der Waals surface area contributed by atoms with E-state index in [4.69, 9.17) is 10.6 Å². The first-order chi connectivity index (χ1) is 10.2. The minimum absolute atomic E-state index is 0.0443. The Bertz CT molecular complexity index is 651. The molecule has 2 aromatic heterocycles. The molecule has 1 aliphatic rings. The second-order valence-corrected chi connectivity index (χ2v) is 5.77. The summed E-state index contributed by atoms with van der Waals surface area (Å²) in [6.07, 6.45) is 8.37. The molecule has 1 saturated carbocycles. The summed E-state index contributed by atoms with van der Waals surface area (Å²) < 4.78 is 1.78. The Morgan fingerprint density at radius 2 is 2.24 bits per heavy atom. The van der Waals surface area contributed by atoms with Crippen molar-refractivity contribution in [3.05, 3.63) is 30.1 Å². The van der Waals surface area contributed by atoms with E-state index in [1.165, 1.54) is 19.3 Å². The molecule has 21 heavy (non-hydrogen) atoms. The van der Waals surface area contributed by atoms with Crippen LogP contribution in [0, 0.1) is 11.3 Å². The SMILES string of the molecule is C[C@@H]1CCCC[C@@H]1Nc1c(C(=N)NO)cnn2cccc12. The molecular weight excluding hydrogens is 266 g/mol. The lowest BCUT2D eigenvalue weighted by molar-refractivity contribution is 0.234. The van der Waals surface area contributed by atoms with Gasteiger partial charge in [-0.3, -0.25) is 16.1 Å². The van der Waals surface area contributed by atoms with Crippen LogP contribution in [0.15, 0.2) is 24.5 Å². The summed E-state index contributed by atoms with van der Waals surface area (Å²) in [4.78, 5) is 0. The highest BCUT2D eigenvalue weighted by atomic mass is 16.5. The number of hydrogen-bond acceptors (Lipinski definition) is 4. The third kappa shape index (κ3) is 2.58. The van der Waals surface area contributed by atoms with Crippen LogP contribution >= 0.6 is 0 Å². The molecule has 6 nitrogen and oxygen atoms in total. The fourth-order valence-electron chi connectivity index (χ4n) is 3.11. The van der Waals surface area contributed by atoms with Gasteiger partial charge in [-0.2, -0.15) is 5.10 Å². The van der Waals surface area contributed by atoms with Gasteiger partial charge in [0.1, 0.15) is 0 Å². The molecule has 6 heteroatoms. The van der Waals surface area contributed by atoms with Crippen LogP contribution < -0.4 is 10.8 Å². The number of nitrogens with one attached hydrogen (secondary N) is 3. The second-order valence-electron chi connectivity index (χ2n) is 5.77. The summed E-state index contributed by atoms with van der Waals surface area (Å²) in [5.74, 6) is 0.559. The molecule has 0 radical (unpaired) electrons. The number of rotatable bonds is 3. The predicted octanol–water partition coefficient (Wildman–Crippen LogP) is 2.63. The van der Waals surface area contributed by atoms with Crippen LogP contribution in [0.3, 0.4) is 0 Å². The van der Waals surface area contributed by atoms with Crippen LogP contribution in [-0.2, 0) is 0 Å². The van der Waals surface area contributed by atoms with Gasteiger partial charge >= 0.3 is 0 Å². The average Bonchev–Trinajstić information content (AvgIpc) is 2.98. The standard InChI is InChI=1S/C15H21N5O/c1-10-5-2-3-6-12(10)18-14-11(15(16)19-21)9-17-20-8-4-7-13(14)20/h4,7-10,12,18,21H,2-3,5-6H2,1H3,(H2,16,19)/t10-,12+/m1/s1. The lowest BCUT2D eigenvalue weighted by Gasteiger charge is -2.31. The molecule has 0 saturated heterocycles. The Balaban J connectivity index is 2.01. The van der Waals surface area contributed by atoms with Gasteiger partial charge in [-0.25, -0.2) is 4.52 Å². The maximum atomic E-state index is 9.06. The first-order valence-electron chi connectivity index (χ1n) is 7.42. The summed E-state index contributed by atoms with van der Waals surface area (Å²) in [6.45, 7) is 2.27. The lowest BCUT2D eigenvalue weighted by atomic mass is 9.85. The van der Waals surface area contributed by atoms with Crippen molar-refractivity contribution in [1.29, 1.82) is 5.41 Å². The van der Waals surface area contributed by atoms with E-state index in [1.54, 1.807) is 10.7 Å². The zero-order chi connectivity index (χ0) is 14.8. The summed E-state index contributed by atoms with van der Waals surface area (Å²) >= 11 is 0. The van der Waals surface area contributed by atoms with Crippen LogP contribution in [0.2, 0.25) is 0 Å². The van der Waals surface area contributed by atoms with Gasteiger partial charge in [-0.1, -0.05) is 19.8 Å². The molecule has 0 bridgehead atoms. The molecule has 2 atom stereocenters. The molecule has 0 amide bonds. The Hall–Kier alpha value is -2.08. The van der Waals surface area contributed by atoms with E-state index in [-0.39, 0.29) is 5.84 Å². The van der Waals surface area contributed by atoms with Gasteiger partial charge in [-0.15, -0.1) is 0 Å². The molecular formula is C15H21N5O. The van der Waals surface area contributed by atoms with Gasteiger partial charge < -0.3 is 5.32 Å². The highest BCUT2D eigenvalue weighted by Crippen LogP contribution is 2.30. The maximum absolute atomic E-state index is 9.06. The molecule has 112 valence electrons. The number of aromatic nitrogens is 2. The molecule has 0 aromatic carbocycles. The molecule has 2 heterocycles. The van der Waals surface area contributed by atoms with Gasteiger partial charge in [-0.05, 0) is 30.9 Å². The van der Waals surface area contributed by atoms with E-state index in [0.717, 1.165) is 17.6 Å². The minimum atomic E-state index is -0.0443. The lowest BCUT2D eigenvalue weighted by Crippen LogP contribution is -2.32. The first-order valence-corrected chi connectivity index (χ1v) is 7.42. The third-order valence-electron chi connectivity index (χ3n) is 4.39. The zero-order valence-electron chi connectivity index (χ0n) is 12.1. The summed E-state index contributed by atoms with van der Waals surface area (Å²) in [5, 5.41) is 24.8. The number of amidine groups is 1. The quantitative estimate of drug-likeness (QED) is 0.397. The Morgan fingerprint density at radius 3 is 3.00 bits per heavy atom. The van der Waals surface area contributed by atoms with Crippen LogP contribution in [0.25, 0.3) is 5.52 Å². The fraction of sp³-hybridized carbons (Fsp3) is 0.467. The van der Waals surface area contributed by atoms with Crippen LogP contribution in [0.4, 0.5) is 5.69 Å². The number of hydrogen-bond donors (Lipinski definition) is 4. The molecule has 0 spiro atoms. The largest absolute Gasteiger partial charge is 0.380 e. The van der Waals surface area contributed by atoms with Crippen molar-refractivity contribution in [3.63, 3.8) is 0 Å². The molecule has 0 unspecified atom stereocenters. The van der Waals surface area contributed by atoms with Gasteiger partial charge in [0.05, 0.1) is 23.0 Å². The number of anilines is 1. The Kier molecular flexibility index (Phi) is 3.79. The molecule has 4 N–H and O–H groups in total. The average molecular weight is 287 g/mol. The zero-order valence-corrected chi connectivity index (χ0v) is 12.1. The molecule has 2 aromatic rings. The van der Waals surface area contributed by atoms with Crippen molar-refractivity contribution in [3.8, 4) is 0 Å². The van der Waals surface area contributed by atoms with Crippen molar-refractivity contribution in [2.24, 2.45) is 5.92 Å². The summed E-state index contributed by atoms with van der Waals surface area (Å²) in [7, 11) is 0. The number of hydroxylamine groups is 1. The van der Waals surface area contributed by atoms with E-state index in [9.17, 15) is 0 Å². The maximum Gasteiger partial charge on any atom is 0.153 e. The van der Waals surface area contributed by atoms with E-state index < -0.39 is 0 Å². The highest BCUT2D eigenvalue weighted by Gasteiger charge is 2.23. The van der Waals surface area contributed by atoms with E-state index in [1.807, 2.05) is 23.8 Å². The van der Waals surface area contributed by atoms with Crippen molar-refractivity contribution in [2.45, 2.75) is 38.6 Å². The second kappa shape index (κ2) is 5.73. The van der Waals surface area contributed by atoms with Gasteiger partial charge in [0, 0.05) is 12.2 Å². The van der Waals surface area contributed by atoms with Gasteiger partial charge in [0.25, 0.3) is 0 Å². The number of nitrogens with zero attached hydrogens (tertiary/aromatic N) is 2. The molecule has 1 aliphatic carbocycles. The third-order valence-corrected chi connectivity index (χ3v) is 4.39. The highest BCUT2D eigenvalue weighted by molar-refractivity contribution is 6.03. The van der Waals surface area contributed by atoms with Crippen LogP contribution in [0.5, 0.6) is 0 Å². The Morgan fingerprint density at radius 1 is 1.43 bits per heavy atom. The van der Waals surface area contributed by atoms with Crippen molar-refractivity contribution in [1.82, 2.24) is 15.1 Å². The minimum Gasteiger partial charge on any atom is -0.380 e. The number of fused-ring (bicyclic) bond motifs is 1. The predicted molar refractivity (Wildman–Crippen MR) is 82.0 cm³/mol. The van der Waals surface area contributed by atoms with E-state index in [0.29, 0.717) is 17.5 Å². The summed E-state index contributed by atoms with van der Waals surface area (Å²) in [5.41, 5.74) is 4.29. The smallest absolute Gasteiger partial charge is 0.153 e. The van der Waals surface area contributed by atoms with Crippen molar-refractivity contribution >= 4 is 17.0 Å². The monoisotopic (exact) mass is 287 g/mol. The van der Waals surface area contributed by atoms with E-state index >= 15 is 0 Å². The Labute approximate surface area is 123 Å². The van der Waals surface area contributed by atoms with E-state index in [2.05, 4.69) is 17.3 Å². The fourth-order valence-corrected chi connectivity index (χ4v) is 3.11. The van der Waals surface area contributed by atoms with Gasteiger partial charge in [0.15, 0.2) is 5.84 Å². The van der Waals surface area contributed by atoms with Gasteiger partial charge in [0.2, 0.25) is 0 Å². The van der Waals surface area contributed by atoms with Crippen molar-refractivity contribution < 1.29 is 5.21 Å². The summed E-state index contributed by atoms with van der Waals surface area (Å²) in [6, 6.07) is 4.29. The first kappa shape index (κ1) is 13.9. The molecule has 0 aliphatic heterocycles. The van der Waals surface area contributed by atoms with Crippen molar-refractivity contribution in [2.75, 3.05) is 5.32 Å². The normalized spacial score (nSPS) is 22.2. The topological polar surface area (TPSA) is 85.4 Å². The molecule has 3 rings (SSSR count).